The molecule has 3 nitrogen and oxygen atoms in total. The topological polar surface area (TPSA) is 46.5 Å². The van der Waals surface area contributed by atoms with Gasteiger partial charge in [0.2, 0.25) is 0 Å². The van der Waals surface area contributed by atoms with Crippen molar-refractivity contribution >= 4 is 14.1 Å². The molecule has 0 unspecified atom stereocenters. The molecular formula is C11H22CuO3Si. The number of carbonyl (C=O) groups excluding carboxylic acids is 1. The normalized spacial score (nSPS) is 13.2. The maximum absolute atomic E-state index is 11.2. The van der Waals surface area contributed by atoms with Crippen LogP contribution in [0.2, 0.25) is 19.6 Å². The minimum atomic E-state index is -1.73. The van der Waals surface area contributed by atoms with Crippen molar-refractivity contribution in [2.75, 3.05) is 0 Å². The second-order valence-electron chi connectivity index (χ2n) is 5.07. The molecule has 99 valence electrons. The van der Waals surface area contributed by atoms with E-state index in [1.807, 2.05) is 19.6 Å². The zero-order valence-corrected chi connectivity index (χ0v) is 12.8. The summed E-state index contributed by atoms with van der Waals surface area (Å²) >= 11 is 0. The van der Waals surface area contributed by atoms with Gasteiger partial charge in [0.05, 0.1) is 0 Å². The first kappa shape index (κ1) is 18.3. The van der Waals surface area contributed by atoms with Crippen molar-refractivity contribution in [3.8, 4) is 0 Å². The standard InChI is InChI=1S/C11H22O3Si.Cu/c1-7-9(12)8-10(13)11(2,3)14-15(4,5)6;/h8,13H,7H2,1-6H3;. The first-order valence-corrected chi connectivity index (χ1v) is 8.63. The Morgan fingerprint density at radius 3 is 2.12 bits per heavy atom. The molecule has 0 saturated heterocycles. The Morgan fingerprint density at radius 2 is 1.81 bits per heavy atom. The van der Waals surface area contributed by atoms with Crippen LogP contribution in [0.4, 0.5) is 0 Å². The molecule has 0 aromatic heterocycles. The van der Waals surface area contributed by atoms with Crippen LogP contribution in [-0.4, -0.2) is 24.8 Å². The smallest absolute Gasteiger partial charge is 0.185 e. The van der Waals surface area contributed by atoms with Crippen LogP contribution < -0.4 is 0 Å². The number of aliphatic hydroxyl groups is 1. The number of aliphatic hydroxyl groups excluding tert-OH is 1. The van der Waals surface area contributed by atoms with Crippen molar-refractivity contribution in [1.29, 1.82) is 0 Å². The van der Waals surface area contributed by atoms with Crippen molar-refractivity contribution < 1.29 is 31.4 Å². The van der Waals surface area contributed by atoms with E-state index in [1.165, 1.54) is 6.08 Å². The monoisotopic (exact) mass is 293 g/mol. The first-order valence-electron chi connectivity index (χ1n) is 5.22. The molecule has 0 aromatic carbocycles. The fourth-order valence-corrected chi connectivity index (χ4v) is 2.88. The molecule has 1 N–H and O–H groups in total. The van der Waals surface area contributed by atoms with Gasteiger partial charge in [-0.25, -0.2) is 0 Å². The summed E-state index contributed by atoms with van der Waals surface area (Å²) in [5.74, 6) is -0.0727. The van der Waals surface area contributed by atoms with Gasteiger partial charge in [-0.15, -0.1) is 0 Å². The van der Waals surface area contributed by atoms with Crippen LogP contribution in [0.3, 0.4) is 0 Å². The molecule has 0 bridgehead atoms. The van der Waals surface area contributed by atoms with E-state index in [9.17, 15) is 9.90 Å². The second kappa shape index (κ2) is 6.60. The summed E-state index contributed by atoms with van der Waals surface area (Å²) in [6, 6.07) is 0. The van der Waals surface area contributed by atoms with Gasteiger partial charge < -0.3 is 9.53 Å². The fourth-order valence-electron chi connectivity index (χ4n) is 1.25. The van der Waals surface area contributed by atoms with Crippen molar-refractivity contribution in [3.05, 3.63) is 11.8 Å². The number of ketones is 1. The van der Waals surface area contributed by atoms with Crippen molar-refractivity contribution in [2.24, 2.45) is 0 Å². The van der Waals surface area contributed by atoms with E-state index >= 15 is 0 Å². The van der Waals surface area contributed by atoms with E-state index in [4.69, 9.17) is 4.43 Å². The number of hydrogen-bond acceptors (Lipinski definition) is 3. The largest absolute Gasteiger partial charge is 0.509 e. The molecule has 0 aromatic rings. The number of hydrogen-bond donors (Lipinski definition) is 1. The Kier molecular flexibility index (Phi) is 7.53. The van der Waals surface area contributed by atoms with Gasteiger partial charge in [0.15, 0.2) is 14.1 Å². The fraction of sp³-hybridized carbons (Fsp3) is 0.727. The van der Waals surface area contributed by atoms with Crippen LogP contribution in [0.25, 0.3) is 0 Å². The maximum atomic E-state index is 11.2. The summed E-state index contributed by atoms with van der Waals surface area (Å²) in [5.41, 5.74) is -0.769. The van der Waals surface area contributed by atoms with Crippen LogP contribution >= 0.6 is 0 Å². The van der Waals surface area contributed by atoms with Gasteiger partial charge >= 0.3 is 0 Å². The van der Waals surface area contributed by atoms with Gasteiger partial charge in [-0.1, -0.05) is 6.92 Å². The summed E-state index contributed by atoms with van der Waals surface area (Å²) < 4.78 is 5.80. The maximum Gasteiger partial charge on any atom is 0.185 e. The zero-order valence-electron chi connectivity index (χ0n) is 10.8. The molecule has 16 heavy (non-hydrogen) atoms. The van der Waals surface area contributed by atoms with Gasteiger partial charge in [0.25, 0.3) is 0 Å². The first-order chi connectivity index (χ1) is 6.58. The van der Waals surface area contributed by atoms with E-state index in [1.54, 1.807) is 20.8 Å². The third-order valence-electron chi connectivity index (χ3n) is 1.82. The molecule has 0 aliphatic heterocycles. The Hall–Kier alpha value is -0.0936. The quantitative estimate of drug-likeness (QED) is 0.481. The van der Waals surface area contributed by atoms with Gasteiger partial charge in [-0.05, 0) is 33.5 Å². The summed E-state index contributed by atoms with van der Waals surface area (Å²) in [6.45, 7) is 11.5. The number of rotatable bonds is 5. The Morgan fingerprint density at radius 1 is 1.38 bits per heavy atom. The molecule has 0 aliphatic carbocycles. The van der Waals surface area contributed by atoms with Gasteiger partial charge in [-0.3, -0.25) is 4.79 Å². The van der Waals surface area contributed by atoms with Crippen molar-refractivity contribution in [2.45, 2.75) is 52.4 Å². The van der Waals surface area contributed by atoms with E-state index in [2.05, 4.69) is 0 Å². The average molecular weight is 294 g/mol. The van der Waals surface area contributed by atoms with E-state index in [-0.39, 0.29) is 28.6 Å². The van der Waals surface area contributed by atoms with Crippen molar-refractivity contribution in [1.82, 2.24) is 0 Å². The van der Waals surface area contributed by atoms with Crippen LogP contribution in [0, 0.1) is 0 Å². The molecule has 0 atom stereocenters. The molecule has 0 spiro atoms. The minimum absolute atomic E-state index is 0. The molecule has 0 fully saturated rings. The molecule has 0 amide bonds. The number of allylic oxidation sites excluding steroid dienone is 1. The summed E-state index contributed by atoms with van der Waals surface area (Å²) in [7, 11) is -1.73. The summed E-state index contributed by atoms with van der Waals surface area (Å²) in [4.78, 5) is 11.2. The van der Waals surface area contributed by atoms with Crippen molar-refractivity contribution in [3.63, 3.8) is 0 Å². The average Bonchev–Trinajstić information content (AvgIpc) is 1.99. The second-order valence-corrected chi connectivity index (χ2v) is 9.50. The SMILES string of the molecule is CCC(=O)C=C(O)C(C)(C)O[Si](C)(C)C.[Cu]. The van der Waals surface area contributed by atoms with E-state index in [0.717, 1.165) is 0 Å². The summed E-state index contributed by atoms with van der Waals surface area (Å²) in [6.07, 6.45) is 1.66. The van der Waals surface area contributed by atoms with Gasteiger partial charge in [0.1, 0.15) is 11.4 Å². The zero-order chi connectivity index (χ0) is 12.3. The molecule has 5 heteroatoms. The Labute approximate surface area is 110 Å². The van der Waals surface area contributed by atoms with Gasteiger partial charge in [0, 0.05) is 29.6 Å². The van der Waals surface area contributed by atoms with Crippen LogP contribution in [-0.2, 0) is 26.3 Å². The van der Waals surface area contributed by atoms with Crippen LogP contribution in [0.1, 0.15) is 27.2 Å². The van der Waals surface area contributed by atoms with Crippen LogP contribution in [0.15, 0.2) is 11.8 Å². The third kappa shape index (κ3) is 7.22. The molecule has 0 saturated carbocycles. The molecular weight excluding hydrogens is 272 g/mol. The van der Waals surface area contributed by atoms with E-state index < -0.39 is 13.9 Å². The molecule has 1 radical (unpaired) electrons. The molecule has 0 rings (SSSR count). The Balaban J connectivity index is 0. The number of carbonyl (C=O) groups is 1. The van der Waals surface area contributed by atoms with E-state index in [0.29, 0.717) is 6.42 Å². The molecule has 0 aliphatic rings. The Bertz CT molecular complexity index is 267. The predicted octanol–water partition coefficient (Wildman–Crippen LogP) is 3.04. The van der Waals surface area contributed by atoms with Crippen LogP contribution in [0.5, 0.6) is 0 Å². The minimum Gasteiger partial charge on any atom is -0.509 e. The van der Waals surface area contributed by atoms with Gasteiger partial charge in [-0.2, -0.15) is 0 Å². The molecule has 0 heterocycles. The third-order valence-corrected chi connectivity index (χ3v) is 2.95. The summed E-state index contributed by atoms with van der Waals surface area (Å²) in [5, 5.41) is 9.78. The predicted molar refractivity (Wildman–Crippen MR) is 64.5 cm³/mol.